The van der Waals surface area contributed by atoms with Crippen molar-refractivity contribution in [2.75, 3.05) is 13.1 Å². The monoisotopic (exact) mass is 208 g/mol. The molecule has 1 aliphatic carbocycles. The molecular formula is C11H16N2O2. The van der Waals surface area contributed by atoms with E-state index in [-0.39, 0.29) is 17.9 Å². The fraction of sp³-hybridized carbons (Fsp3) is 0.818. The molecule has 82 valence electrons. The standard InChI is InChI=1S/C11H16N2O2/c14-10-7-13(8-4-5-8)11(15)9-3-1-2-6-12(9)10/h8-9H,1-7H2. The molecule has 2 heterocycles. The number of rotatable bonds is 1. The van der Waals surface area contributed by atoms with E-state index in [9.17, 15) is 9.59 Å². The lowest BCUT2D eigenvalue weighted by Gasteiger charge is -2.42. The summed E-state index contributed by atoms with van der Waals surface area (Å²) in [6.07, 6.45) is 5.18. The molecule has 4 heteroatoms. The summed E-state index contributed by atoms with van der Waals surface area (Å²) in [5.74, 6) is 0.364. The van der Waals surface area contributed by atoms with Gasteiger partial charge in [0, 0.05) is 12.6 Å². The Hall–Kier alpha value is -1.06. The van der Waals surface area contributed by atoms with E-state index in [0.717, 1.165) is 38.6 Å². The van der Waals surface area contributed by atoms with Crippen molar-refractivity contribution in [3.8, 4) is 0 Å². The van der Waals surface area contributed by atoms with E-state index in [1.54, 1.807) is 4.90 Å². The maximum atomic E-state index is 12.1. The SMILES string of the molecule is O=C1C2CCCCN2C(=O)CN1C1CC1. The lowest BCUT2D eigenvalue weighted by molar-refractivity contribution is -0.158. The summed E-state index contributed by atoms with van der Waals surface area (Å²) in [7, 11) is 0. The molecule has 0 radical (unpaired) electrons. The quantitative estimate of drug-likeness (QED) is 0.624. The third-order valence-corrected chi connectivity index (χ3v) is 3.68. The minimum Gasteiger partial charge on any atom is -0.329 e. The van der Waals surface area contributed by atoms with Crippen LogP contribution in [0.1, 0.15) is 32.1 Å². The van der Waals surface area contributed by atoms with Crippen LogP contribution in [0.2, 0.25) is 0 Å². The van der Waals surface area contributed by atoms with Crippen molar-refractivity contribution in [1.29, 1.82) is 0 Å². The van der Waals surface area contributed by atoms with Gasteiger partial charge in [-0.1, -0.05) is 0 Å². The Bertz CT molecular complexity index is 312. The average Bonchev–Trinajstić information content (AvgIpc) is 3.07. The van der Waals surface area contributed by atoms with Gasteiger partial charge in [-0.05, 0) is 32.1 Å². The Kier molecular flexibility index (Phi) is 1.97. The van der Waals surface area contributed by atoms with Crippen molar-refractivity contribution in [1.82, 2.24) is 9.80 Å². The van der Waals surface area contributed by atoms with E-state index >= 15 is 0 Å². The first-order chi connectivity index (χ1) is 7.27. The van der Waals surface area contributed by atoms with Crippen molar-refractivity contribution in [3.63, 3.8) is 0 Å². The maximum Gasteiger partial charge on any atom is 0.246 e. The Morgan fingerprint density at radius 1 is 1.00 bits per heavy atom. The Balaban J connectivity index is 1.82. The third kappa shape index (κ3) is 1.43. The van der Waals surface area contributed by atoms with Crippen molar-refractivity contribution < 1.29 is 9.59 Å². The minimum atomic E-state index is -0.124. The summed E-state index contributed by atoms with van der Waals surface area (Å²) in [4.78, 5) is 27.6. The van der Waals surface area contributed by atoms with E-state index in [1.807, 2.05) is 4.90 Å². The molecule has 3 aliphatic rings. The molecule has 0 bridgehead atoms. The van der Waals surface area contributed by atoms with Gasteiger partial charge in [0.25, 0.3) is 0 Å². The number of nitrogens with zero attached hydrogens (tertiary/aromatic N) is 2. The fourth-order valence-electron chi connectivity index (χ4n) is 2.69. The molecule has 0 aromatic rings. The summed E-state index contributed by atoms with van der Waals surface area (Å²) in [6.45, 7) is 1.12. The molecule has 0 aromatic heterocycles. The summed E-state index contributed by atoms with van der Waals surface area (Å²) in [5.41, 5.74) is 0. The normalized spacial score (nSPS) is 31.9. The molecule has 0 N–H and O–H groups in total. The van der Waals surface area contributed by atoms with Crippen LogP contribution in [-0.4, -0.2) is 46.8 Å². The highest BCUT2D eigenvalue weighted by atomic mass is 16.2. The second-order valence-corrected chi connectivity index (χ2v) is 4.80. The second kappa shape index (κ2) is 3.22. The largest absolute Gasteiger partial charge is 0.329 e. The van der Waals surface area contributed by atoms with Crippen LogP contribution in [0.4, 0.5) is 0 Å². The van der Waals surface area contributed by atoms with Crippen molar-refractivity contribution in [2.24, 2.45) is 0 Å². The summed E-state index contributed by atoms with van der Waals surface area (Å²) >= 11 is 0. The minimum absolute atomic E-state index is 0.124. The van der Waals surface area contributed by atoms with Crippen LogP contribution in [0, 0.1) is 0 Å². The Morgan fingerprint density at radius 2 is 1.80 bits per heavy atom. The van der Waals surface area contributed by atoms with Gasteiger partial charge in [-0.25, -0.2) is 0 Å². The lowest BCUT2D eigenvalue weighted by Crippen LogP contribution is -2.61. The number of hydrogen-bond donors (Lipinski definition) is 0. The predicted octanol–water partition coefficient (Wildman–Crippen LogP) is 0.372. The van der Waals surface area contributed by atoms with Gasteiger partial charge >= 0.3 is 0 Å². The molecule has 1 atom stereocenters. The van der Waals surface area contributed by atoms with Gasteiger partial charge in [-0.3, -0.25) is 9.59 Å². The number of carbonyl (C=O) groups excluding carboxylic acids is 2. The average molecular weight is 208 g/mol. The van der Waals surface area contributed by atoms with Gasteiger partial charge < -0.3 is 9.80 Å². The van der Waals surface area contributed by atoms with Crippen LogP contribution in [0.5, 0.6) is 0 Å². The summed E-state index contributed by atoms with van der Waals surface area (Å²) < 4.78 is 0. The van der Waals surface area contributed by atoms with Crippen LogP contribution >= 0.6 is 0 Å². The summed E-state index contributed by atoms with van der Waals surface area (Å²) in [6, 6.07) is 0.256. The van der Waals surface area contributed by atoms with E-state index in [0.29, 0.717) is 12.6 Å². The highest BCUT2D eigenvalue weighted by Gasteiger charge is 2.45. The molecule has 0 spiro atoms. The first-order valence-corrected chi connectivity index (χ1v) is 5.87. The van der Waals surface area contributed by atoms with Gasteiger partial charge in [-0.15, -0.1) is 0 Å². The van der Waals surface area contributed by atoms with Gasteiger partial charge in [0.15, 0.2) is 0 Å². The smallest absolute Gasteiger partial charge is 0.246 e. The molecule has 0 aromatic carbocycles. The van der Waals surface area contributed by atoms with E-state index in [1.165, 1.54) is 0 Å². The Morgan fingerprint density at radius 3 is 2.53 bits per heavy atom. The van der Waals surface area contributed by atoms with Crippen LogP contribution in [0.15, 0.2) is 0 Å². The summed E-state index contributed by atoms with van der Waals surface area (Å²) in [5, 5.41) is 0. The number of carbonyl (C=O) groups is 2. The van der Waals surface area contributed by atoms with Crippen LogP contribution in [0.3, 0.4) is 0 Å². The first kappa shape index (κ1) is 9.19. The molecular weight excluding hydrogens is 192 g/mol. The maximum absolute atomic E-state index is 12.1. The molecule has 2 saturated heterocycles. The zero-order valence-electron chi connectivity index (χ0n) is 8.82. The second-order valence-electron chi connectivity index (χ2n) is 4.80. The van der Waals surface area contributed by atoms with Gasteiger partial charge in [0.2, 0.25) is 11.8 Å². The third-order valence-electron chi connectivity index (χ3n) is 3.68. The van der Waals surface area contributed by atoms with Gasteiger partial charge in [0.1, 0.15) is 12.6 Å². The zero-order chi connectivity index (χ0) is 10.4. The molecule has 15 heavy (non-hydrogen) atoms. The molecule has 3 fully saturated rings. The molecule has 3 rings (SSSR count). The van der Waals surface area contributed by atoms with Gasteiger partial charge in [0.05, 0.1) is 0 Å². The van der Waals surface area contributed by atoms with Crippen LogP contribution in [-0.2, 0) is 9.59 Å². The molecule has 2 amide bonds. The highest BCUT2D eigenvalue weighted by Crippen LogP contribution is 2.32. The van der Waals surface area contributed by atoms with E-state index in [2.05, 4.69) is 0 Å². The first-order valence-electron chi connectivity index (χ1n) is 5.87. The lowest BCUT2D eigenvalue weighted by atomic mass is 9.98. The van der Waals surface area contributed by atoms with Crippen molar-refractivity contribution >= 4 is 11.8 Å². The number of piperidine rings is 1. The molecule has 1 saturated carbocycles. The molecule has 4 nitrogen and oxygen atoms in total. The number of hydrogen-bond acceptors (Lipinski definition) is 2. The molecule has 1 unspecified atom stereocenters. The van der Waals surface area contributed by atoms with Crippen molar-refractivity contribution in [2.45, 2.75) is 44.2 Å². The predicted molar refractivity (Wildman–Crippen MR) is 54.1 cm³/mol. The van der Waals surface area contributed by atoms with Crippen LogP contribution in [0.25, 0.3) is 0 Å². The number of fused-ring (bicyclic) bond motifs is 1. The van der Waals surface area contributed by atoms with E-state index < -0.39 is 0 Å². The van der Waals surface area contributed by atoms with E-state index in [4.69, 9.17) is 0 Å². The van der Waals surface area contributed by atoms with Crippen LogP contribution < -0.4 is 0 Å². The number of amides is 2. The van der Waals surface area contributed by atoms with Crippen molar-refractivity contribution in [3.05, 3.63) is 0 Å². The Labute approximate surface area is 89.2 Å². The number of piperazine rings is 1. The fourth-order valence-corrected chi connectivity index (χ4v) is 2.69. The topological polar surface area (TPSA) is 40.6 Å². The van der Waals surface area contributed by atoms with Gasteiger partial charge in [-0.2, -0.15) is 0 Å². The molecule has 2 aliphatic heterocycles. The highest BCUT2D eigenvalue weighted by molar-refractivity contribution is 5.95. The zero-order valence-corrected chi connectivity index (χ0v) is 8.82.